The molecule has 110 valence electrons. The van der Waals surface area contributed by atoms with Gasteiger partial charge in [0.1, 0.15) is 5.75 Å². The van der Waals surface area contributed by atoms with Gasteiger partial charge in [-0.25, -0.2) is 4.79 Å². The number of rotatable bonds is 7. The summed E-state index contributed by atoms with van der Waals surface area (Å²) in [7, 11) is 1.55. The van der Waals surface area contributed by atoms with E-state index < -0.39 is 5.97 Å². The fourth-order valence-corrected chi connectivity index (χ4v) is 1.49. The summed E-state index contributed by atoms with van der Waals surface area (Å²) in [5.74, 6) is 0.379. The fraction of sp³-hybridized carbons (Fsp3) is 0.467. The van der Waals surface area contributed by atoms with Crippen LogP contribution in [0.15, 0.2) is 24.3 Å². The molecule has 1 amide bonds. The maximum atomic E-state index is 11.7. The van der Waals surface area contributed by atoms with Gasteiger partial charge in [0.15, 0.2) is 6.61 Å². The van der Waals surface area contributed by atoms with Crippen LogP contribution in [0.1, 0.15) is 30.6 Å². The summed E-state index contributed by atoms with van der Waals surface area (Å²) < 4.78 is 9.92. The third kappa shape index (κ3) is 5.73. The Morgan fingerprint density at radius 3 is 2.40 bits per heavy atom. The second-order valence-electron chi connectivity index (χ2n) is 4.84. The monoisotopic (exact) mass is 279 g/mol. The van der Waals surface area contributed by atoms with E-state index in [1.165, 1.54) is 0 Å². The standard InChI is InChI=1S/C15H21NO4/c1-11(2)8-9-16-14(17)10-20-15(18)12-4-6-13(19-3)7-5-12/h4-7,11H,8-10H2,1-3H3,(H,16,17). The first-order chi connectivity index (χ1) is 9.52. The lowest BCUT2D eigenvalue weighted by atomic mass is 10.1. The average Bonchev–Trinajstić information content (AvgIpc) is 2.44. The molecule has 0 saturated carbocycles. The predicted octanol–water partition coefficient (Wildman–Crippen LogP) is 2.01. The minimum Gasteiger partial charge on any atom is -0.497 e. The van der Waals surface area contributed by atoms with Gasteiger partial charge in [-0.15, -0.1) is 0 Å². The number of carbonyl (C=O) groups is 2. The molecule has 5 nitrogen and oxygen atoms in total. The smallest absolute Gasteiger partial charge is 0.338 e. The van der Waals surface area contributed by atoms with Gasteiger partial charge >= 0.3 is 5.97 Å². The largest absolute Gasteiger partial charge is 0.497 e. The number of amides is 1. The Kier molecular flexibility index (Phi) is 6.56. The predicted molar refractivity (Wildman–Crippen MR) is 75.7 cm³/mol. The van der Waals surface area contributed by atoms with Crippen LogP contribution in [0.25, 0.3) is 0 Å². The highest BCUT2D eigenvalue weighted by atomic mass is 16.5. The molecule has 20 heavy (non-hydrogen) atoms. The summed E-state index contributed by atoms with van der Waals surface area (Å²) in [6.45, 7) is 4.49. The molecule has 0 aromatic heterocycles. The molecule has 1 aromatic carbocycles. The van der Waals surface area contributed by atoms with Crippen molar-refractivity contribution >= 4 is 11.9 Å². The van der Waals surface area contributed by atoms with Gasteiger partial charge < -0.3 is 14.8 Å². The molecular formula is C15H21NO4. The van der Waals surface area contributed by atoms with E-state index in [1.54, 1.807) is 31.4 Å². The molecule has 0 radical (unpaired) electrons. The zero-order valence-corrected chi connectivity index (χ0v) is 12.1. The normalized spacial score (nSPS) is 10.2. The number of ether oxygens (including phenoxy) is 2. The molecular weight excluding hydrogens is 258 g/mol. The van der Waals surface area contributed by atoms with Crippen molar-refractivity contribution in [2.45, 2.75) is 20.3 Å². The highest BCUT2D eigenvalue weighted by Crippen LogP contribution is 2.11. The van der Waals surface area contributed by atoms with Crippen LogP contribution >= 0.6 is 0 Å². The lowest BCUT2D eigenvalue weighted by Gasteiger charge is -2.08. The van der Waals surface area contributed by atoms with Crippen molar-refractivity contribution in [3.63, 3.8) is 0 Å². The molecule has 0 aliphatic rings. The molecule has 0 atom stereocenters. The molecule has 0 aliphatic heterocycles. The summed E-state index contributed by atoms with van der Waals surface area (Å²) >= 11 is 0. The lowest BCUT2D eigenvalue weighted by molar-refractivity contribution is -0.124. The number of carbonyl (C=O) groups excluding carboxylic acids is 2. The minimum atomic E-state index is -0.522. The quantitative estimate of drug-likeness (QED) is 0.775. The van der Waals surface area contributed by atoms with Gasteiger partial charge in [-0.1, -0.05) is 13.8 Å². The molecule has 1 N–H and O–H groups in total. The van der Waals surface area contributed by atoms with Gasteiger partial charge in [0, 0.05) is 6.54 Å². The van der Waals surface area contributed by atoms with E-state index in [0.717, 1.165) is 6.42 Å². The molecule has 0 unspecified atom stereocenters. The Balaban J connectivity index is 2.33. The average molecular weight is 279 g/mol. The molecule has 5 heteroatoms. The van der Waals surface area contributed by atoms with Gasteiger partial charge in [-0.3, -0.25) is 4.79 Å². The summed E-state index contributed by atoms with van der Waals surface area (Å²) in [5, 5.41) is 2.70. The highest BCUT2D eigenvalue weighted by Gasteiger charge is 2.10. The molecule has 0 fully saturated rings. The van der Waals surface area contributed by atoms with Crippen molar-refractivity contribution in [1.29, 1.82) is 0 Å². The van der Waals surface area contributed by atoms with Crippen molar-refractivity contribution in [3.05, 3.63) is 29.8 Å². The topological polar surface area (TPSA) is 64.6 Å². The summed E-state index contributed by atoms with van der Waals surface area (Å²) in [6, 6.07) is 6.52. The molecule has 0 saturated heterocycles. The molecule has 0 heterocycles. The Labute approximate surface area is 119 Å². The van der Waals surface area contributed by atoms with E-state index in [4.69, 9.17) is 9.47 Å². The molecule has 0 bridgehead atoms. The Morgan fingerprint density at radius 1 is 1.20 bits per heavy atom. The van der Waals surface area contributed by atoms with Crippen molar-refractivity contribution < 1.29 is 19.1 Å². The molecule has 0 aliphatic carbocycles. The third-order valence-corrected chi connectivity index (χ3v) is 2.70. The van der Waals surface area contributed by atoms with Gasteiger partial charge in [0.05, 0.1) is 12.7 Å². The van der Waals surface area contributed by atoms with Crippen LogP contribution in [0.5, 0.6) is 5.75 Å². The first kappa shape index (κ1) is 16.0. The van der Waals surface area contributed by atoms with Crippen molar-refractivity contribution in [1.82, 2.24) is 5.32 Å². The van der Waals surface area contributed by atoms with Crippen LogP contribution in [-0.2, 0) is 9.53 Å². The zero-order chi connectivity index (χ0) is 15.0. The summed E-state index contributed by atoms with van der Waals surface area (Å²) in [4.78, 5) is 23.1. The van der Waals surface area contributed by atoms with Crippen molar-refractivity contribution in [2.75, 3.05) is 20.3 Å². The van der Waals surface area contributed by atoms with E-state index >= 15 is 0 Å². The van der Waals surface area contributed by atoms with Gasteiger partial charge in [0.25, 0.3) is 5.91 Å². The van der Waals surface area contributed by atoms with Crippen LogP contribution in [0.3, 0.4) is 0 Å². The number of methoxy groups -OCH3 is 1. The number of hydrogen-bond donors (Lipinski definition) is 1. The second kappa shape index (κ2) is 8.19. The molecule has 1 rings (SSSR count). The van der Waals surface area contributed by atoms with E-state index in [2.05, 4.69) is 19.2 Å². The Bertz CT molecular complexity index is 440. The maximum Gasteiger partial charge on any atom is 0.338 e. The van der Waals surface area contributed by atoms with Crippen LogP contribution < -0.4 is 10.1 Å². The SMILES string of the molecule is COc1ccc(C(=O)OCC(=O)NCCC(C)C)cc1. The summed E-state index contributed by atoms with van der Waals surface area (Å²) in [5.41, 5.74) is 0.390. The maximum absolute atomic E-state index is 11.7. The van der Waals surface area contributed by atoms with E-state index in [-0.39, 0.29) is 12.5 Å². The number of nitrogens with one attached hydrogen (secondary N) is 1. The molecule has 0 spiro atoms. The fourth-order valence-electron chi connectivity index (χ4n) is 1.49. The highest BCUT2D eigenvalue weighted by molar-refractivity contribution is 5.91. The van der Waals surface area contributed by atoms with E-state index in [1.807, 2.05) is 0 Å². The Hall–Kier alpha value is -2.04. The minimum absolute atomic E-state index is 0.261. The van der Waals surface area contributed by atoms with Crippen LogP contribution in [0.2, 0.25) is 0 Å². The third-order valence-electron chi connectivity index (χ3n) is 2.70. The number of hydrogen-bond acceptors (Lipinski definition) is 4. The van der Waals surface area contributed by atoms with Gasteiger partial charge in [-0.05, 0) is 36.6 Å². The van der Waals surface area contributed by atoms with E-state index in [9.17, 15) is 9.59 Å². The number of esters is 1. The second-order valence-corrected chi connectivity index (χ2v) is 4.84. The van der Waals surface area contributed by atoms with Crippen molar-refractivity contribution in [3.8, 4) is 5.75 Å². The van der Waals surface area contributed by atoms with Gasteiger partial charge in [0.2, 0.25) is 0 Å². The number of benzene rings is 1. The zero-order valence-electron chi connectivity index (χ0n) is 12.1. The van der Waals surface area contributed by atoms with Gasteiger partial charge in [-0.2, -0.15) is 0 Å². The lowest BCUT2D eigenvalue weighted by Crippen LogP contribution is -2.30. The first-order valence-corrected chi connectivity index (χ1v) is 6.60. The Morgan fingerprint density at radius 2 is 1.85 bits per heavy atom. The first-order valence-electron chi connectivity index (χ1n) is 6.60. The van der Waals surface area contributed by atoms with Crippen molar-refractivity contribution in [2.24, 2.45) is 5.92 Å². The van der Waals surface area contributed by atoms with Crippen LogP contribution in [-0.4, -0.2) is 32.1 Å². The van der Waals surface area contributed by atoms with Crippen LogP contribution in [0, 0.1) is 5.92 Å². The van der Waals surface area contributed by atoms with Crippen LogP contribution in [0.4, 0.5) is 0 Å². The summed E-state index contributed by atoms with van der Waals surface area (Å²) in [6.07, 6.45) is 0.901. The molecule has 1 aromatic rings. The van der Waals surface area contributed by atoms with E-state index in [0.29, 0.717) is 23.8 Å².